The van der Waals surface area contributed by atoms with Crippen LogP contribution in [-0.4, -0.2) is 31.9 Å². The maximum atomic E-state index is 12.0. The minimum atomic E-state index is -4.71. The molecular weight excluding hydrogens is 333 g/mol. The molecule has 1 aromatic carbocycles. The number of amides is 1. The van der Waals surface area contributed by atoms with Gasteiger partial charge in [-0.1, -0.05) is 23.8 Å². The minimum absolute atomic E-state index is 0. The summed E-state index contributed by atoms with van der Waals surface area (Å²) in [6.45, 7) is 2.23. The van der Waals surface area contributed by atoms with Crippen molar-refractivity contribution in [1.82, 2.24) is 10.6 Å². The van der Waals surface area contributed by atoms with E-state index in [4.69, 9.17) is 0 Å². The summed E-state index contributed by atoms with van der Waals surface area (Å²) in [5.41, 5.74) is 1.81. The van der Waals surface area contributed by atoms with Crippen molar-refractivity contribution in [2.24, 2.45) is 0 Å². The maximum Gasteiger partial charge on any atom is 0.573 e. The summed E-state index contributed by atoms with van der Waals surface area (Å²) in [7, 11) is 0. The number of nitrogens with one attached hydrogen (secondary N) is 2. The first kappa shape index (κ1) is 19.3. The molecule has 0 bridgehead atoms. The van der Waals surface area contributed by atoms with Crippen molar-refractivity contribution < 1.29 is 22.7 Å². The molecular formula is C15H18ClF3N2O2. The van der Waals surface area contributed by atoms with Crippen molar-refractivity contribution in [2.45, 2.75) is 19.2 Å². The van der Waals surface area contributed by atoms with Crippen LogP contribution in [0.3, 0.4) is 0 Å². The average Bonchev–Trinajstić information content (AvgIpc) is 2.47. The van der Waals surface area contributed by atoms with Gasteiger partial charge in [-0.2, -0.15) is 0 Å². The van der Waals surface area contributed by atoms with Crippen molar-refractivity contribution in [2.75, 3.05) is 19.6 Å². The van der Waals surface area contributed by atoms with Crippen LogP contribution in [-0.2, 0) is 11.2 Å². The third-order valence-electron chi connectivity index (χ3n) is 3.19. The highest BCUT2D eigenvalue weighted by atomic mass is 35.5. The highest BCUT2D eigenvalue weighted by Crippen LogP contribution is 2.22. The third-order valence-corrected chi connectivity index (χ3v) is 3.19. The quantitative estimate of drug-likeness (QED) is 0.803. The van der Waals surface area contributed by atoms with Crippen molar-refractivity contribution >= 4 is 18.3 Å². The Morgan fingerprint density at radius 2 is 1.96 bits per heavy atom. The van der Waals surface area contributed by atoms with E-state index >= 15 is 0 Å². The van der Waals surface area contributed by atoms with Crippen LogP contribution in [0.5, 0.6) is 5.75 Å². The molecule has 1 aliphatic heterocycles. The number of carbonyl (C=O) groups excluding carboxylic acids is 1. The highest BCUT2D eigenvalue weighted by molar-refractivity contribution is 5.85. The first-order valence-corrected chi connectivity index (χ1v) is 6.92. The van der Waals surface area contributed by atoms with E-state index in [9.17, 15) is 18.0 Å². The van der Waals surface area contributed by atoms with Crippen LogP contribution < -0.4 is 15.4 Å². The zero-order valence-electron chi connectivity index (χ0n) is 12.3. The summed E-state index contributed by atoms with van der Waals surface area (Å²) in [5, 5.41) is 5.99. The topological polar surface area (TPSA) is 50.4 Å². The van der Waals surface area contributed by atoms with Gasteiger partial charge in [-0.3, -0.25) is 4.79 Å². The third kappa shape index (κ3) is 7.38. The van der Waals surface area contributed by atoms with E-state index in [0.29, 0.717) is 12.1 Å². The van der Waals surface area contributed by atoms with Gasteiger partial charge in [0.1, 0.15) is 5.75 Å². The zero-order chi connectivity index (χ0) is 16.0. The van der Waals surface area contributed by atoms with E-state index in [1.54, 1.807) is 0 Å². The Labute approximate surface area is 138 Å². The Hall–Kier alpha value is -1.73. The Morgan fingerprint density at radius 3 is 2.52 bits per heavy atom. The predicted octanol–water partition coefficient (Wildman–Crippen LogP) is 2.59. The monoisotopic (exact) mass is 350 g/mol. The summed E-state index contributed by atoms with van der Waals surface area (Å²) >= 11 is 0. The van der Waals surface area contributed by atoms with E-state index in [2.05, 4.69) is 15.4 Å². The van der Waals surface area contributed by atoms with E-state index in [0.717, 1.165) is 19.5 Å². The van der Waals surface area contributed by atoms with Gasteiger partial charge in [0, 0.05) is 13.1 Å². The molecule has 0 spiro atoms. The molecule has 2 N–H and O–H groups in total. The molecule has 0 aromatic heterocycles. The number of ether oxygens (including phenoxy) is 1. The van der Waals surface area contributed by atoms with E-state index < -0.39 is 6.36 Å². The second-order valence-corrected chi connectivity index (χ2v) is 4.96. The lowest BCUT2D eigenvalue weighted by molar-refractivity contribution is -0.274. The van der Waals surface area contributed by atoms with Gasteiger partial charge >= 0.3 is 6.36 Å². The van der Waals surface area contributed by atoms with Gasteiger partial charge < -0.3 is 15.4 Å². The van der Waals surface area contributed by atoms with E-state index in [-0.39, 0.29) is 30.5 Å². The van der Waals surface area contributed by atoms with Gasteiger partial charge in [-0.15, -0.1) is 25.6 Å². The van der Waals surface area contributed by atoms with Gasteiger partial charge in [-0.25, -0.2) is 0 Å². The SMILES string of the molecule is Cl.O=C(Cc1ccc(OC(F)(F)F)cc1)NCC1=CCNCC1. The van der Waals surface area contributed by atoms with Gasteiger partial charge in [-0.05, 0) is 30.7 Å². The molecule has 0 saturated heterocycles. The smallest absolute Gasteiger partial charge is 0.406 e. The van der Waals surface area contributed by atoms with Crippen molar-refractivity contribution in [1.29, 1.82) is 0 Å². The van der Waals surface area contributed by atoms with Crippen molar-refractivity contribution in [3.63, 3.8) is 0 Å². The molecule has 8 heteroatoms. The Balaban J connectivity index is 0.00000264. The van der Waals surface area contributed by atoms with E-state index in [1.165, 1.54) is 29.8 Å². The lowest BCUT2D eigenvalue weighted by Crippen LogP contribution is -2.30. The first-order valence-electron chi connectivity index (χ1n) is 6.92. The summed E-state index contributed by atoms with van der Waals surface area (Å²) < 4.78 is 39.9. The summed E-state index contributed by atoms with van der Waals surface area (Å²) in [5.74, 6) is -0.458. The molecule has 0 saturated carbocycles. The van der Waals surface area contributed by atoms with Crippen LogP contribution in [0.4, 0.5) is 13.2 Å². The fourth-order valence-electron chi connectivity index (χ4n) is 2.10. The first-order chi connectivity index (χ1) is 10.4. The summed E-state index contributed by atoms with van der Waals surface area (Å²) in [6, 6.07) is 5.30. The number of alkyl halides is 3. The number of carbonyl (C=O) groups is 1. The molecule has 0 fully saturated rings. The number of hydrogen-bond acceptors (Lipinski definition) is 3. The van der Waals surface area contributed by atoms with Crippen LogP contribution in [0.2, 0.25) is 0 Å². The Morgan fingerprint density at radius 1 is 1.26 bits per heavy atom. The van der Waals surface area contributed by atoms with E-state index in [1.807, 2.05) is 6.08 Å². The van der Waals surface area contributed by atoms with Gasteiger partial charge in [0.2, 0.25) is 5.91 Å². The van der Waals surface area contributed by atoms with Gasteiger partial charge in [0.05, 0.1) is 6.42 Å². The molecule has 0 atom stereocenters. The van der Waals surface area contributed by atoms with Crippen LogP contribution in [0.25, 0.3) is 0 Å². The summed E-state index contributed by atoms with van der Waals surface area (Å²) in [6.07, 6.45) is -1.63. The van der Waals surface area contributed by atoms with Gasteiger partial charge in [0.15, 0.2) is 0 Å². The fourth-order valence-corrected chi connectivity index (χ4v) is 2.10. The van der Waals surface area contributed by atoms with Crippen LogP contribution in [0.1, 0.15) is 12.0 Å². The molecule has 0 aliphatic carbocycles. The van der Waals surface area contributed by atoms with Crippen molar-refractivity contribution in [3.05, 3.63) is 41.5 Å². The molecule has 2 rings (SSSR count). The number of hydrogen-bond donors (Lipinski definition) is 2. The van der Waals surface area contributed by atoms with Crippen LogP contribution in [0, 0.1) is 0 Å². The van der Waals surface area contributed by atoms with Crippen LogP contribution >= 0.6 is 12.4 Å². The van der Waals surface area contributed by atoms with Crippen LogP contribution in [0.15, 0.2) is 35.9 Å². The molecule has 1 aromatic rings. The number of rotatable bonds is 5. The molecule has 1 heterocycles. The zero-order valence-corrected chi connectivity index (χ0v) is 13.1. The predicted molar refractivity (Wildman–Crippen MR) is 82.7 cm³/mol. The number of benzene rings is 1. The second-order valence-electron chi connectivity index (χ2n) is 4.96. The average molecular weight is 351 g/mol. The molecule has 128 valence electrons. The molecule has 0 unspecified atom stereocenters. The normalized spacial score (nSPS) is 14.5. The second kappa shape index (κ2) is 8.79. The molecule has 1 amide bonds. The molecule has 23 heavy (non-hydrogen) atoms. The lowest BCUT2D eigenvalue weighted by Gasteiger charge is -2.14. The minimum Gasteiger partial charge on any atom is -0.406 e. The van der Waals surface area contributed by atoms with Gasteiger partial charge in [0.25, 0.3) is 0 Å². The fraction of sp³-hybridized carbons (Fsp3) is 0.400. The Kier molecular flexibility index (Phi) is 7.38. The Bertz CT molecular complexity index is 545. The largest absolute Gasteiger partial charge is 0.573 e. The van der Waals surface area contributed by atoms with Crippen molar-refractivity contribution in [3.8, 4) is 5.75 Å². The lowest BCUT2D eigenvalue weighted by atomic mass is 10.1. The molecule has 1 aliphatic rings. The highest BCUT2D eigenvalue weighted by Gasteiger charge is 2.30. The number of halogens is 4. The summed E-state index contributed by atoms with van der Waals surface area (Å²) in [4.78, 5) is 11.8. The standard InChI is InChI=1S/C15H17F3N2O2.ClH/c16-15(17,18)22-13-3-1-11(2-4-13)9-14(21)20-10-12-5-7-19-8-6-12;/h1-5,19H,6-10H2,(H,20,21);1H. The maximum absolute atomic E-state index is 12.0. The molecule has 0 radical (unpaired) electrons. The molecule has 4 nitrogen and oxygen atoms in total.